The Morgan fingerprint density at radius 3 is 1.83 bits per heavy atom. The lowest BCUT2D eigenvalue weighted by Gasteiger charge is -2.30. The van der Waals surface area contributed by atoms with Gasteiger partial charge >= 0.3 is 11.9 Å². The first-order valence-corrected chi connectivity index (χ1v) is 11.6. The van der Waals surface area contributed by atoms with Crippen LogP contribution >= 0.6 is 11.6 Å². The third-order valence-electron chi connectivity index (χ3n) is 6.05. The second kappa shape index (κ2) is 9.93. The number of imide groups is 1. The molecule has 3 aromatic carbocycles. The average molecular weight is 506 g/mol. The molecule has 0 saturated carbocycles. The minimum Gasteiger partial charge on any atom is -0.459 e. The Hall–Kier alpha value is -4.01. The average Bonchev–Trinajstić information content (AvgIpc) is 3.35. The lowest BCUT2D eigenvalue weighted by Crippen LogP contribution is -2.52. The largest absolute Gasteiger partial charge is 0.459 e. The molecule has 2 heterocycles. The zero-order chi connectivity index (χ0) is 25.2. The number of halogens is 1. The summed E-state index contributed by atoms with van der Waals surface area (Å²) in [7, 11) is 0. The smallest absolute Gasteiger partial charge is 0.338 e. The van der Waals surface area contributed by atoms with Crippen molar-refractivity contribution in [2.24, 2.45) is 0 Å². The van der Waals surface area contributed by atoms with Gasteiger partial charge in [0, 0.05) is 0 Å². The Kier molecular flexibility index (Phi) is 6.54. The second-order valence-electron chi connectivity index (χ2n) is 8.24. The quantitative estimate of drug-likeness (QED) is 0.286. The molecule has 4 atom stereocenters. The lowest BCUT2D eigenvalue weighted by molar-refractivity contribution is -0.00591. The lowest BCUT2D eigenvalue weighted by atomic mass is 10.1. The molecule has 1 saturated heterocycles. The Balaban J connectivity index is 1.43. The molecule has 36 heavy (non-hydrogen) atoms. The number of carbonyl (C=O) groups is 4. The van der Waals surface area contributed by atoms with E-state index < -0.39 is 47.6 Å². The summed E-state index contributed by atoms with van der Waals surface area (Å²) in [6.07, 6.45) is -2.24. The summed E-state index contributed by atoms with van der Waals surface area (Å²) in [4.78, 5) is 52.9. The van der Waals surface area contributed by atoms with Gasteiger partial charge < -0.3 is 14.2 Å². The number of nitrogens with zero attached hydrogens (tertiary/aromatic N) is 1. The van der Waals surface area contributed by atoms with Gasteiger partial charge in [0.15, 0.2) is 11.7 Å². The van der Waals surface area contributed by atoms with Crippen LogP contribution in [0, 0.1) is 0 Å². The van der Waals surface area contributed by atoms with Crippen LogP contribution in [0.1, 0.15) is 41.4 Å². The minimum absolute atomic E-state index is 0.216. The van der Waals surface area contributed by atoms with Gasteiger partial charge in [-0.15, -0.1) is 0 Å². The summed E-state index contributed by atoms with van der Waals surface area (Å²) in [5.74, 6) is -2.46. The summed E-state index contributed by atoms with van der Waals surface area (Å²) >= 11 is 6.43. The van der Waals surface area contributed by atoms with Crippen molar-refractivity contribution in [3.8, 4) is 0 Å². The van der Waals surface area contributed by atoms with E-state index in [9.17, 15) is 19.2 Å². The van der Waals surface area contributed by atoms with E-state index in [1.165, 1.54) is 0 Å². The van der Waals surface area contributed by atoms with Gasteiger partial charge in [-0.25, -0.2) is 9.59 Å². The molecule has 0 aromatic heterocycles. The second-order valence-corrected chi connectivity index (χ2v) is 8.67. The number of ether oxygens (including phenoxy) is 3. The number of hydrogen-bond acceptors (Lipinski definition) is 7. The van der Waals surface area contributed by atoms with E-state index in [0.717, 1.165) is 4.90 Å². The van der Waals surface area contributed by atoms with Crippen LogP contribution in [0.25, 0.3) is 0 Å². The van der Waals surface area contributed by atoms with Crippen LogP contribution in [-0.2, 0) is 14.2 Å². The van der Waals surface area contributed by atoms with Gasteiger partial charge in [-0.1, -0.05) is 60.1 Å². The van der Waals surface area contributed by atoms with Crippen molar-refractivity contribution in [3.63, 3.8) is 0 Å². The number of fused-ring (bicyclic) bond motifs is 1. The zero-order valence-electron chi connectivity index (χ0n) is 18.8. The number of alkyl halides is 1. The molecule has 2 aliphatic rings. The minimum atomic E-state index is -1.21. The normalized spacial score (nSPS) is 22.9. The fourth-order valence-corrected chi connectivity index (χ4v) is 4.66. The van der Waals surface area contributed by atoms with E-state index in [-0.39, 0.29) is 23.3 Å². The Labute approximate surface area is 211 Å². The van der Waals surface area contributed by atoms with Gasteiger partial charge in [0.05, 0.1) is 22.3 Å². The molecule has 2 amide bonds. The number of amides is 2. The third kappa shape index (κ3) is 4.36. The topological polar surface area (TPSA) is 99.2 Å². The summed E-state index contributed by atoms with van der Waals surface area (Å²) < 4.78 is 16.9. The molecular weight excluding hydrogens is 486 g/mol. The number of hydrogen-bond donors (Lipinski definition) is 0. The monoisotopic (exact) mass is 505 g/mol. The van der Waals surface area contributed by atoms with E-state index in [4.69, 9.17) is 25.8 Å². The van der Waals surface area contributed by atoms with Crippen LogP contribution in [-0.4, -0.2) is 59.1 Å². The first-order valence-electron chi connectivity index (χ1n) is 11.2. The van der Waals surface area contributed by atoms with Crippen molar-refractivity contribution in [3.05, 3.63) is 107 Å². The molecular formula is C27H20ClNO7. The molecule has 0 aliphatic carbocycles. The first kappa shape index (κ1) is 23.7. The molecule has 0 N–H and O–H groups in total. The fraction of sp³-hybridized carbons (Fsp3) is 0.185. The van der Waals surface area contributed by atoms with Gasteiger partial charge in [0.1, 0.15) is 18.8 Å². The highest BCUT2D eigenvalue weighted by atomic mass is 35.5. The molecule has 9 heteroatoms. The summed E-state index contributed by atoms with van der Waals surface area (Å²) in [6.45, 7) is -0.325. The highest BCUT2D eigenvalue weighted by Crippen LogP contribution is 2.36. The summed E-state index contributed by atoms with van der Waals surface area (Å²) in [6, 6.07) is 21.8. The molecule has 3 aromatic rings. The molecule has 8 nitrogen and oxygen atoms in total. The van der Waals surface area contributed by atoms with Crippen LogP contribution in [0.3, 0.4) is 0 Å². The van der Waals surface area contributed by atoms with Crippen molar-refractivity contribution in [1.82, 2.24) is 4.90 Å². The van der Waals surface area contributed by atoms with Gasteiger partial charge in [0.25, 0.3) is 11.8 Å². The standard InChI is InChI=1S/C27H20ClNO7/c28-23-22(36-27(33)17-11-5-2-6-12-17)21(29-24(30)18-13-7-8-14-19(18)25(29)31)20(35-23)15-34-26(32)16-9-3-1-4-10-16/h1-14,20-23H,15H2/t20-,21-,22-,23-/m1/s1. The molecule has 0 bridgehead atoms. The summed E-state index contributed by atoms with van der Waals surface area (Å²) in [5.41, 5.74) is -0.182. The SMILES string of the molecule is O=C(OC[C@H]1O[C@@H](Cl)[C@H](OC(=O)c2ccccc2)[C@@H]1N1C(=O)c2ccccc2C1=O)c1ccccc1. The van der Waals surface area contributed by atoms with Crippen LogP contribution in [0.2, 0.25) is 0 Å². The van der Waals surface area contributed by atoms with E-state index in [0.29, 0.717) is 5.56 Å². The predicted molar refractivity (Wildman–Crippen MR) is 128 cm³/mol. The van der Waals surface area contributed by atoms with Crippen molar-refractivity contribution < 1.29 is 33.4 Å². The number of esters is 2. The number of benzene rings is 3. The Bertz CT molecular complexity index is 1280. The molecule has 2 aliphatic heterocycles. The van der Waals surface area contributed by atoms with Crippen LogP contribution in [0.15, 0.2) is 84.9 Å². The number of carbonyl (C=O) groups excluding carboxylic acids is 4. The maximum Gasteiger partial charge on any atom is 0.338 e. The Morgan fingerprint density at radius 1 is 0.778 bits per heavy atom. The van der Waals surface area contributed by atoms with Crippen molar-refractivity contribution >= 4 is 35.4 Å². The van der Waals surface area contributed by atoms with E-state index in [1.807, 2.05) is 0 Å². The van der Waals surface area contributed by atoms with Gasteiger partial charge in [-0.05, 0) is 36.4 Å². The van der Waals surface area contributed by atoms with Gasteiger partial charge in [-0.3, -0.25) is 14.5 Å². The van der Waals surface area contributed by atoms with Crippen LogP contribution < -0.4 is 0 Å². The molecule has 5 rings (SSSR count). The third-order valence-corrected chi connectivity index (χ3v) is 6.40. The van der Waals surface area contributed by atoms with Crippen molar-refractivity contribution in [1.29, 1.82) is 0 Å². The molecule has 182 valence electrons. The maximum atomic E-state index is 13.3. The first-order chi connectivity index (χ1) is 17.5. The van der Waals surface area contributed by atoms with Gasteiger partial charge in [0.2, 0.25) is 0 Å². The van der Waals surface area contributed by atoms with Crippen molar-refractivity contribution in [2.75, 3.05) is 6.61 Å². The molecule has 0 radical (unpaired) electrons. The molecule has 1 fully saturated rings. The van der Waals surface area contributed by atoms with Crippen LogP contribution in [0.4, 0.5) is 0 Å². The van der Waals surface area contributed by atoms with E-state index in [2.05, 4.69) is 0 Å². The maximum absolute atomic E-state index is 13.3. The zero-order valence-corrected chi connectivity index (χ0v) is 19.5. The summed E-state index contributed by atoms with van der Waals surface area (Å²) in [5, 5.41) is 0. The van der Waals surface area contributed by atoms with Crippen molar-refractivity contribution in [2.45, 2.75) is 23.8 Å². The van der Waals surface area contributed by atoms with E-state index in [1.54, 1.807) is 84.9 Å². The van der Waals surface area contributed by atoms with Crippen LogP contribution in [0.5, 0.6) is 0 Å². The molecule has 0 unspecified atom stereocenters. The van der Waals surface area contributed by atoms with Gasteiger partial charge in [-0.2, -0.15) is 0 Å². The highest BCUT2D eigenvalue weighted by molar-refractivity contribution is 6.22. The van der Waals surface area contributed by atoms with E-state index >= 15 is 0 Å². The molecule has 0 spiro atoms. The predicted octanol–water partition coefficient (Wildman–Crippen LogP) is 3.70. The number of rotatable bonds is 6. The Morgan fingerprint density at radius 2 is 1.28 bits per heavy atom. The highest BCUT2D eigenvalue weighted by Gasteiger charge is 2.55. The fourth-order valence-electron chi connectivity index (χ4n) is 4.33.